The molecule has 1 aromatic carbocycles. The Morgan fingerprint density at radius 3 is 2.42 bits per heavy atom. The van der Waals surface area contributed by atoms with E-state index in [0.29, 0.717) is 26.1 Å². The number of carboxylic acid groups (broad SMARTS) is 1. The van der Waals surface area contributed by atoms with Gasteiger partial charge in [-0.05, 0) is 24.8 Å². The molecule has 0 fully saturated rings. The van der Waals surface area contributed by atoms with Gasteiger partial charge in [-0.15, -0.1) is 0 Å². The van der Waals surface area contributed by atoms with Crippen molar-refractivity contribution < 1.29 is 14.6 Å². The number of hydrogen-bond acceptors (Lipinski definition) is 2. The van der Waals surface area contributed by atoms with E-state index in [1.807, 2.05) is 37.3 Å². The summed E-state index contributed by atoms with van der Waals surface area (Å²) in [5.41, 5.74) is 0.0390. The van der Waals surface area contributed by atoms with Gasteiger partial charge in [0, 0.05) is 13.2 Å². The Morgan fingerprint density at radius 1 is 1.21 bits per heavy atom. The van der Waals surface area contributed by atoms with Gasteiger partial charge in [-0.3, -0.25) is 4.79 Å². The van der Waals surface area contributed by atoms with E-state index >= 15 is 0 Å². The molecule has 0 amide bonds. The summed E-state index contributed by atoms with van der Waals surface area (Å²) >= 11 is 0. The van der Waals surface area contributed by atoms with Gasteiger partial charge in [0.15, 0.2) is 0 Å². The Bertz CT molecular complexity index is 375. The predicted octanol–water partition coefficient (Wildman–Crippen LogP) is 3.63. The second-order valence-electron chi connectivity index (χ2n) is 4.82. The normalized spacial score (nSPS) is 14.0. The highest BCUT2D eigenvalue weighted by Gasteiger charge is 2.38. The minimum atomic E-state index is -0.826. The molecule has 19 heavy (non-hydrogen) atoms. The number of ether oxygens (including phenoxy) is 1. The highest BCUT2D eigenvalue weighted by atomic mass is 16.5. The molecule has 3 heteroatoms. The number of unbranched alkanes of at least 4 members (excludes halogenated alkanes) is 1. The molecule has 0 saturated carbocycles. The summed E-state index contributed by atoms with van der Waals surface area (Å²) in [5, 5.41) is 9.62. The van der Waals surface area contributed by atoms with Crippen molar-refractivity contribution in [2.45, 2.75) is 44.9 Å². The number of aliphatic carboxylic acids is 1. The Hall–Kier alpha value is -1.35. The van der Waals surface area contributed by atoms with Crippen LogP contribution in [0.4, 0.5) is 0 Å². The quantitative estimate of drug-likeness (QED) is 0.693. The minimum absolute atomic E-state index is 0.495. The van der Waals surface area contributed by atoms with Crippen molar-refractivity contribution >= 4 is 5.97 Å². The van der Waals surface area contributed by atoms with Crippen LogP contribution in [-0.2, 0) is 14.9 Å². The summed E-state index contributed by atoms with van der Waals surface area (Å²) in [7, 11) is 0. The molecule has 1 N–H and O–H groups in total. The first-order valence-electron chi connectivity index (χ1n) is 7.04. The average Bonchev–Trinajstić information content (AvgIpc) is 2.44. The van der Waals surface area contributed by atoms with Crippen molar-refractivity contribution in [1.82, 2.24) is 0 Å². The lowest BCUT2D eigenvalue weighted by atomic mass is 9.75. The maximum Gasteiger partial charge on any atom is 0.314 e. The number of rotatable bonds is 9. The maximum atomic E-state index is 11.7. The van der Waals surface area contributed by atoms with E-state index in [0.717, 1.165) is 18.4 Å². The van der Waals surface area contributed by atoms with Crippen molar-refractivity contribution in [3.05, 3.63) is 35.9 Å². The standard InChI is InChI=1S/C16H24O3/c1-3-5-12-19-13-11-16(4-2,15(17)18)14-9-7-6-8-10-14/h6-10H,3-5,11-13H2,1-2H3,(H,17,18). The molecule has 0 heterocycles. The zero-order chi connectivity index (χ0) is 14.1. The third kappa shape index (κ3) is 4.06. The highest BCUT2D eigenvalue weighted by Crippen LogP contribution is 2.32. The molecule has 0 radical (unpaired) electrons. The molecule has 0 aromatic heterocycles. The highest BCUT2D eigenvalue weighted by molar-refractivity contribution is 5.81. The lowest BCUT2D eigenvalue weighted by molar-refractivity contribution is -0.145. The summed E-state index contributed by atoms with van der Waals surface area (Å²) in [6, 6.07) is 9.47. The van der Waals surface area contributed by atoms with E-state index < -0.39 is 11.4 Å². The molecular formula is C16H24O3. The third-order valence-electron chi connectivity index (χ3n) is 3.65. The fourth-order valence-electron chi connectivity index (χ4n) is 2.26. The topological polar surface area (TPSA) is 46.5 Å². The first kappa shape index (κ1) is 15.7. The molecule has 1 atom stereocenters. The van der Waals surface area contributed by atoms with Crippen LogP contribution < -0.4 is 0 Å². The zero-order valence-electron chi connectivity index (χ0n) is 11.9. The van der Waals surface area contributed by atoms with Gasteiger partial charge in [0.1, 0.15) is 0 Å². The van der Waals surface area contributed by atoms with Gasteiger partial charge in [0.25, 0.3) is 0 Å². The molecule has 0 bridgehead atoms. The van der Waals surface area contributed by atoms with E-state index in [1.54, 1.807) is 0 Å². The van der Waals surface area contributed by atoms with Crippen LogP contribution in [0.3, 0.4) is 0 Å². The van der Waals surface area contributed by atoms with Crippen LogP contribution in [0, 0.1) is 0 Å². The SMILES string of the molecule is CCCCOCCC(CC)(C(=O)O)c1ccccc1. The first-order chi connectivity index (χ1) is 9.17. The largest absolute Gasteiger partial charge is 0.481 e. The van der Waals surface area contributed by atoms with Gasteiger partial charge < -0.3 is 9.84 Å². The molecule has 0 aliphatic carbocycles. The number of hydrogen-bond donors (Lipinski definition) is 1. The van der Waals surface area contributed by atoms with Crippen LogP contribution in [0.15, 0.2) is 30.3 Å². The summed E-state index contributed by atoms with van der Waals surface area (Å²) in [5.74, 6) is -0.764. The Morgan fingerprint density at radius 2 is 1.89 bits per heavy atom. The first-order valence-corrected chi connectivity index (χ1v) is 7.04. The molecule has 106 valence electrons. The molecule has 0 aliphatic heterocycles. The summed E-state index contributed by atoms with van der Waals surface area (Å²) in [6.45, 7) is 5.24. The van der Waals surface area contributed by atoms with Crippen molar-refractivity contribution in [3.63, 3.8) is 0 Å². The van der Waals surface area contributed by atoms with Crippen molar-refractivity contribution in [2.75, 3.05) is 13.2 Å². The average molecular weight is 264 g/mol. The van der Waals surface area contributed by atoms with Crippen molar-refractivity contribution in [2.24, 2.45) is 0 Å². The van der Waals surface area contributed by atoms with Crippen LogP contribution in [0.1, 0.15) is 45.1 Å². The van der Waals surface area contributed by atoms with Gasteiger partial charge in [0.05, 0.1) is 5.41 Å². The molecule has 0 aliphatic rings. The van der Waals surface area contributed by atoms with Crippen LogP contribution in [0.5, 0.6) is 0 Å². The number of benzene rings is 1. The van der Waals surface area contributed by atoms with Gasteiger partial charge in [-0.2, -0.15) is 0 Å². The number of carboxylic acids is 1. The minimum Gasteiger partial charge on any atom is -0.481 e. The fourth-order valence-corrected chi connectivity index (χ4v) is 2.26. The van der Waals surface area contributed by atoms with E-state index in [9.17, 15) is 9.90 Å². The Labute approximate surface area is 115 Å². The lowest BCUT2D eigenvalue weighted by Gasteiger charge is -2.28. The molecule has 1 unspecified atom stereocenters. The fraction of sp³-hybridized carbons (Fsp3) is 0.562. The monoisotopic (exact) mass is 264 g/mol. The summed E-state index contributed by atoms with van der Waals surface area (Å²) < 4.78 is 5.54. The van der Waals surface area contributed by atoms with Crippen molar-refractivity contribution in [3.8, 4) is 0 Å². The van der Waals surface area contributed by atoms with E-state index in [1.165, 1.54) is 0 Å². The molecule has 3 nitrogen and oxygen atoms in total. The molecule has 0 spiro atoms. The predicted molar refractivity (Wildman–Crippen MR) is 76.4 cm³/mol. The summed E-state index contributed by atoms with van der Waals surface area (Å²) in [4.78, 5) is 11.7. The van der Waals surface area contributed by atoms with Gasteiger partial charge in [-0.1, -0.05) is 50.6 Å². The van der Waals surface area contributed by atoms with E-state index in [-0.39, 0.29) is 0 Å². The van der Waals surface area contributed by atoms with Crippen LogP contribution >= 0.6 is 0 Å². The molecule has 1 aromatic rings. The van der Waals surface area contributed by atoms with E-state index in [4.69, 9.17) is 4.74 Å². The molecule has 1 rings (SSSR count). The van der Waals surface area contributed by atoms with Crippen molar-refractivity contribution in [1.29, 1.82) is 0 Å². The Kier molecular flexibility index (Phi) is 6.57. The second-order valence-corrected chi connectivity index (χ2v) is 4.82. The third-order valence-corrected chi connectivity index (χ3v) is 3.65. The lowest BCUT2D eigenvalue weighted by Crippen LogP contribution is -2.36. The zero-order valence-corrected chi connectivity index (χ0v) is 11.9. The number of carbonyl (C=O) groups is 1. The van der Waals surface area contributed by atoms with Gasteiger partial charge in [0.2, 0.25) is 0 Å². The Balaban J connectivity index is 2.74. The van der Waals surface area contributed by atoms with Gasteiger partial charge in [-0.25, -0.2) is 0 Å². The van der Waals surface area contributed by atoms with Crippen LogP contribution in [0.2, 0.25) is 0 Å². The van der Waals surface area contributed by atoms with E-state index in [2.05, 4.69) is 6.92 Å². The molecule has 0 saturated heterocycles. The smallest absolute Gasteiger partial charge is 0.314 e. The second kappa shape index (κ2) is 7.95. The van der Waals surface area contributed by atoms with Crippen LogP contribution in [-0.4, -0.2) is 24.3 Å². The van der Waals surface area contributed by atoms with Gasteiger partial charge >= 0.3 is 5.97 Å². The molecular weight excluding hydrogens is 240 g/mol. The van der Waals surface area contributed by atoms with Crippen LogP contribution in [0.25, 0.3) is 0 Å². The maximum absolute atomic E-state index is 11.7. The summed E-state index contributed by atoms with van der Waals surface area (Å²) in [6.07, 6.45) is 3.21.